The maximum Gasteiger partial charge on any atom is 0.289 e. The van der Waals surface area contributed by atoms with E-state index in [0.717, 1.165) is 10.4 Å². The zero-order valence-electron chi connectivity index (χ0n) is 11.4. The van der Waals surface area contributed by atoms with E-state index in [4.69, 9.17) is 21.1 Å². The zero-order chi connectivity index (χ0) is 15.2. The third-order valence-corrected chi connectivity index (χ3v) is 3.77. The number of aliphatic hydroxyl groups is 1. The quantitative estimate of drug-likeness (QED) is 0.880. The van der Waals surface area contributed by atoms with E-state index in [2.05, 4.69) is 11.8 Å². The Morgan fingerprint density at radius 2 is 2.33 bits per heavy atom. The smallest absolute Gasteiger partial charge is 0.289 e. The predicted octanol–water partition coefficient (Wildman–Crippen LogP) is 3.00. The zero-order valence-corrected chi connectivity index (χ0v) is 13.0. The van der Waals surface area contributed by atoms with Crippen LogP contribution in [0.25, 0.3) is 0 Å². The molecular formula is C15H14ClNO3S. The standard InChI is InChI=1S/C15H14ClNO3S/c1-17(15(19)13-5-6-14(16)20-13)9-12-8-11(10-21-12)4-2-3-7-18/h5-6,8,10,18H,3,7,9H2,1H3. The molecule has 0 saturated carbocycles. The molecule has 0 saturated heterocycles. The van der Waals surface area contributed by atoms with E-state index < -0.39 is 0 Å². The van der Waals surface area contributed by atoms with Crippen molar-refractivity contribution in [2.75, 3.05) is 13.7 Å². The van der Waals surface area contributed by atoms with Gasteiger partial charge in [0.25, 0.3) is 5.91 Å². The first kappa shape index (κ1) is 15.6. The van der Waals surface area contributed by atoms with Crippen LogP contribution >= 0.6 is 22.9 Å². The monoisotopic (exact) mass is 323 g/mol. The lowest BCUT2D eigenvalue weighted by Crippen LogP contribution is -2.25. The minimum atomic E-state index is -0.219. The van der Waals surface area contributed by atoms with Gasteiger partial charge in [-0.3, -0.25) is 4.79 Å². The van der Waals surface area contributed by atoms with Gasteiger partial charge in [-0.25, -0.2) is 0 Å². The van der Waals surface area contributed by atoms with Crippen molar-refractivity contribution in [3.63, 3.8) is 0 Å². The minimum Gasteiger partial charge on any atom is -0.440 e. The summed E-state index contributed by atoms with van der Waals surface area (Å²) in [5.41, 5.74) is 0.894. The number of furan rings is 1. The summed E-state index contributed by atoms with van der Waals surface area (Å²) in [5.74, 6) is 5.84. The molecule has 0 atom stereocenters. The van der Waals surface area contributed by atoms with Gasteiger partial charge in [0.2, 0.25) is 0 Å². The van der Waals surface area contributed by atoms with Gasteiger partial charge in [0, 0.05) is 29.3 Å². The average Bonchev–Trinajstić information content (AvgIpc) is 3.07. The summed E-state index contributed by atoms with van der Waals surface area (Å²) in [4.78, 5) is 14.7. The Balaban J connectivity index is 1.98. The lowest BCUT2D eigenvalue weighted by Gasteiger charge is -2.14. The molecule has 2 aromatic heterocycles. The first-order valence-corrected chi connectivity index (χ1v) is 7.54. The van der Waals surface area contributed by atoms with Gasteiger partial charge >= 0.3 is 0 Å². The third-order valence-electron chi connectivity index (χ3n) is 2.65. The number of aliphatic hydroxyl groups excluding tert-OH is 1. The molecule has 2 heterocycles. The largest absolute Gasteiger partial charge is 0.440 e. The second-order valence-electron chi connectivity index (χ2n) is 4.34. The summed E-state index contributed by atoms with van der Waals surface area (Å²) in [5, 5.41) is 10.8. The van der Waals surface area contributed by atoms with Crippen molar-refractivity contribution in [3.05, 3.63) is 45.0 Å². The first-order valence-electron chi connectivity index (χ1n) is 6.28. The molecule has 0 fully saturated rings. The molecule has 2 aromatic rings. The summed E-state index contributed by atoms with van der Waals surface area (Å²) in [6, 6.07) is 5.04. The Bertz CT molecular complexity index is 680. The fraction of sp³-hybridized carbons (Fsp3) is 0.267. The van der Waals surface area contributed by atoms with E-state index in [1.807, 2.05) is 11.4 Å². The van der Waals surface area contributed by atoms with Gasteiger partial charge < -0.3 is 14.4 Å². The highest BCUT2D eigenvalue weighted by molar-refractivity contribution is 7.10. The summed E-state index contributed by atoms with van der Waals surface area (Å²) in [7, 11) is 1.70. The van der Waals surface area contributed by atoms with Gasteiger partial charge in [0.15, 0.2) is 11.0 Å². The van der Waals surface area contributed by atoms with Crippen molar-refractivity contribution < 1.29 is 14.3 Å². The van der Waals surface area contributed by atoms with Gasteiger partial charge in [-0.1, -0.05) is 11.8 Å². The molecule has 0 aliphatic carbocycles. The van der Waals surface area contributed by atoms with Gasteiger partial charge in [0.05, 0.1) is 13.2 Å². The van der Waals surface area contributed by atoms with Gasteiger partial charge in [0.1, 0.15) is 0 Å². The number of amides is 1. The highest BCUT2D eigenvalue weighted by Crippen LogP contribution is 2.19. The summed E-state index contributed by atoms with van der Waals surface area (Å²) in [6.07, 6.45) is 0.461. The van der Waals surface area contributed by atoms with Crippen molar-refractivity contribution in [2.45, 2.75) is 13.0 Å². The van der Waals surface area contributed by atoms with Crippen LogP contribution in [0, 0.1) is 11.8 Å². The van der Waals surface area contributed by atoms with Crippen molar-refractivity contribution in [3.8, 4) is 11.8 Å². The number of thiophene rings is 1. The van der Waals surface area contributed by atoms with Crippen LogP contribution in [0.4, 0.5) is 0 Å². The first-order chi connectivity index (χ1) is 10.1. The number of hydrogen-bond donors (Lipinski definition) is 1. The molecule has 0 bridgehead atoms. The molecule has 6 heteroatoms. The van der Waals surface area contributed by atoms with Crippen molar-refractivity contribution >= 4 is 28.8 Å². The molecule has 1 amide bonds. The molecule has 0 aliphatic rings. The van der Waals surface area contributed by atoms with Crippen molar-refractivity contribution in [2.24, 2.45) is 0 Å². The molecular weight excluding hydrogens is 310 g/mol. The van der Waals surface area contributed by atoms with Crippen LogP contribution < -0.4 is 0 Å². The third kappa shape index (κ3) is 4.36. The number of hydrogen-bond acceptors (Lipinski definition) is 4. The molecule has 0 spiro atoms. The lowest BCUT2D eigenvalue weighted by atomic mass is 10.3. The fourth-order valence-corrected chi connectivity index (χ4v) is 2.69. The Labute approximate surface area is 131 Å². The number of rotatable bonds is 4. The maximum absolute atomic E-state index is 12.1. The molecule has 1 N–H and O–H groups in total. The maximum atomic E-state index is 12.1. The van der Waals surface area contributed by atoms with E-state index in [-0.39, 0.29) is 23.5 Å². The topological polar surface area (TPSA) is 53.7 Å². The van der Waals surface area contributed by atoms with Crippen LogP contribution in [-0.4, -0.2) is 29.6 Å². The summed E-state index contributed by atoms with van der Waals surface area (Å²) in [6.45, 7) is 0.538. The Morgan fingerprint density at radius 1 is 1.52 bits per heavy atom. The van der Waals surface area contributed by atoms with Crippen LogP contribution in [0.3, 0.4) is 0 Å². The molecule has 4 nitrogen and oxygen atoms in total. The van der Waals surface area contributed by atoms with Crippen LogP contribution in [0.5, 0.6) is 0 Å². The minimum absolute atomic E-state index is 0.0624. The molecule has 0 unspecified atom stereocenters. The van der Waals surface area contributed by atoms with Crippen molar-refractivity contribution in [1.82, 2.24) is 4.90 Å². The normalized spacial score (nSPS) is 10.0. The number of carbonyl (C=O) groups is 1. The molecule has 21 heavy (non-hydrogen) atoms. The number of halogens is 1. The van der Waals surface area contributed by atoms with Crippen LogP contribution in [-0.2, 0) is 6.54 Å². The van der Waals surface area contributed by atoms with Gasteiger partial charge in [-0.2, -0.15) is 0 Å². The highest BCUT2D eigenvalue weighted by Gasteiger charge is 2.16. The fourth-order valence-electron chi connectivity index (χ4n) is 1.67. The van der Waals surface area contributed by atoms with E-state index >= 15 is 0 Å². The highest BCUT2D eigenvalue weighted by atomic mass is 35.5. The lowest BCUT2D eigenvalue weighted by molar-refractivity contribution is 0.0755. The average molecular weight is 324 g/mol. The molecule has 0 aliphatic heterocycles. The predicted molar refractivity (Wildman–Crippen MR) is 82.4 cm³/mol. The molecule has 0 radical (unpaired) electrons. The second-order valence-corrected chi connectivity index (χ2v) is 5.71. The Hall–Kier alpha value is -1.74. The molecule has 2 rings (SSSR count). The Morgan fingerprint density at radius 3 is 3.00 bits per heavy atom. The molecule has 0 aromatic carbocycles. The van der Waals surface area contributed by atoms with Crippen LogP contribution in [0.15, 0.2) is 28.0 Å². The SMILES string of the molecule is CN(Cc1cc(C#CCCO)cs1)C(=O)c1ccc(Cl)o1. The number of carbonyl (C=O) groups excluding carboxylic acids is 1. The molecule has 110 valence electrons. The van der Waals surface area contributed by atoms with Crippen LogP contribution in [0.2, 0.25) is 5.22 Å². The van der Waals surface area contributed by atoms with E-state index in [9.17, 15) is 4.79 Å². The van der Waals surface area contributed by atoms with Gasteiger partial charge in [-0.05, 0) is 29.8 Å². The van der Waals surface area contributed by atoms with Crippen LogP contribution in [0.1, 0.15) is 27.4 Å². The van der Waals surface area contributed by atoms with E-state index in [1.165, 1.54) is 11.3 Å². The summed E-state index contributed by atoms with van der Waals surface area (Å²) < 4.78 is 5.11. The van der Waals surface area contributed by atoms with E-state index in [1.54, 1.807) is 24.1 Å². The Kier molecular flexibility index (Phi) is 5.45. The number of nitrogens with zero attached hydrogens (tertiary/aromatic N) is 1. The summed E-state index contributed by atoms with van der Waals surface area (Å²) >= 11 is 7.20. The van der Waals surface area contributed by atoms with E-state index in [0.29, 0.717) is 13.0 Å². The second kappa shape index (κ2) is 7.32. The van der Waals surface area contributed by atoms with Gasteiger partial charge in [-0.15, -0.1) is 11.3 Å². The van der Waals surface area contributed by atoms with Crippen molar-refractivity contribution in [1.29, 1.82) is 0 Å².